The summed E-state index contributed by atoms with van der Waals surface area (Å²) in [5, 5.41) is 5.90. The number of hydrogen-bond donors (Lipinski definition) is 2. The summed E-state index contributed by atoms with van der Waals surface area (Å²) in [4.78, 5) is 11.3. The van der Waals surface area contributed by atoms with E-state index < -0.39 is 0 Å². The van der Waals surface area contributed by atoms with E-state index in [4.69, 9.17) is 4.74 Å². The van der Waals surface area contributed by atoms with Crippen LogP contribution >= 0.6 is 0 Å². The lowest BCUT2D eigenvalue weighted by Gasteiger charge is -2.07. The Balaban J connectivity index is 3.17. The Morgan fingerprint density at radius 2 is 2.00 bits per heavy atom. The average Bonchev–Trinajstić information content (AvgIpc) is 2.23. The van der Waals surface area contributed by atoms with Crippen molar-refractivity contribution >= 4 is 5.91 Å². The molecule has 1 amide bonds. The summed E-state index contributed by atoms with van der Waals surface area (Å²) in [6, 6.07) is 0. The zero-order chi connectivity index (χ0) is 12.2. The maximum atomic E-state index is 11.3. The van der Waals surface area contributed by atoms with Gasteiger partial charge in [-0.1, -0.05) is 26.7 Å². The standard InChI is InChI=1S/C12H26N2O2/c1-11(2)6-4-5-7-14-12(15)10-13-8-9-16-3/h11,13H,4-10H2,1-3H3,(H,14,15). The maximum absolute atomic E-state index is 11.3. The molecular weight excluding hydrogens is 204 g/mol. The zero-order valence-electron chi connectivity index (χ0n) is 10.8. The molecule has 0 bridgehead atoms. The van der Waals surface area contributed by atoms with Gasteiger partial charge in [-0.2, -0.15) is 0 Å². The number of methoxy groups -OCH3 is 1. The second kappa shape index (κ2) is 10.9. The highest BCUT2D eigenvalue weighted by molar-refractivity contribution is 5.77. The number of amides is 1. The molecule has 0 aromatic rings. The summed E-state index contributed by atoms with van der Waals surface area (Å²) in [6.07, 6.45) is 3.50. The van der Waals surface area contributed by atoms with Crippen molar-refractivity contribution in [2.45, 2.75) is 33.1 Å². The van der Waals surface area contributed by atoms with Gasteiger partial charge in [-0.25, -0.2) is 0 Å². The van der Waals surface area contributed by atoms with E-state index >= 15 is 0 Å². The summed E-state index contributed by atoms with van der Waals surface area (Å²) in [5.74, 6) is 0.826. The number of carbonyl (C=O) groups excluding carboxylic acids is 1. The zero-order valence-corrected chi connectivity index (χ0v) is 10.8. The number of nitrogens with one attached hydrogen (secondary N) is 2. The van der Waals surface area contributed by atoms with Crippen molar-refractivity contribution in [2.75, 3.05) is 33.4 Å². The van der Waals surface area contributed by atoms with E-state index in [0.29, 0.717) is 13.2 Å². The molecule has 0 saturated heterocycles. The van der Waals surface area contributed by atoms with Crippen LogP contribution in [0.15, 0.2) is 0 Å². The van der Waals surface area contributed by atoms with Crippen LogP contribution in [0.4, 0.5) is 0 Å². The van der Waals surface area contributed by atoms with E-state index in [9.17, 15) is 4.79 Å². The smallest absolute Gasteiger partial charge is 0.233 e. The molecule has 0 radical (unpaired) electrons. The van der Waals surface area contributed by atoms with Crippen LogP contribution < -0.4 is 10.6 Å². The minimum Gasteiger partial charge on any atom is -0.383 e. The Morgan fingerprint density at radius 3 is 2.62 bits per heavy atom. The highest BCUT2D eigenvalue weighted by Crippen LogP contribution is 2.04. The highest BCUT2D eigenvalue weighted by atomic mass is 16.5. The maximum Gasteiger partial charge on any atom is 0.233 e. The lowest BCUT2D eigenvalue weighted by molar-refractivity contribution is -0.120. The molecule has 0 aliphatic carbocycles. The van der Waals surface area contributed by atoms with Crippen molar-refractivity contribution < 1.29 is 9.53 Å². The summed E-state index contributed by atoms with van der Waals surface area (Å²) < 4.78 is 4.86. The Labute approximate surface area is 99.1 Å². The van der Waals surface area contributed by atoms with Gasteiger partial charge in [0.2, 0.25) is 5.91 Å². The fourth-order valence-corrected chi connectivity index (χ4v) is 1.34. The molecule has 0 aliphatic heterocycles. The first kappa shape index (κ1) is 15.4. The topological polar surface area (TPSA) is 50.4 Å². The number of hydrogen-bond acceptors (Lipinski definition) is 3. The molecule has 96 valence electrons. The Morgan fingerprint density at radius 1 is 1.25 bits per heavy atom. The summed E-state index contributed by atoms with van der Waals surface area (Å²) >= 11 is 0. The van der Waals surface area contributed by atoms with Crippen molar-refractivity contribution in [3.05, 3.63) is 0 Å². The van der Waals surface area contributed by atoms with Gasteiger partial charge in [-0.3, -0.25) is 4.79 Å². The van der Waals surface area contributed by atoms with Gasteiger partial charge < -0.3 is 15.4 Å². The third-order valence-electron chi connectivity index (χ3n) is 2.30. The predicted molar refractivity (Wildman–Crippen MR) is 66.4 cm³/mol. The molecule has 0 atom stereocenters. The molecule has 0 aliphatic rings. The number of unbranched alkanes of at least 4 members (excludes halogenated alkanes) is 1. The van der Waals surface area contributed by atoms with Crippen molar-refractivity contribution in [1.82, 2.24) is 10.6 Å². The quantitative estimate of drug-likeness (QED) is 0.554. The van der Waals surface area contributed by atoms with Gasteiger partial charge in [-0.05, 0) is 12.3 Å². The second-order valence-electron chi connectivity index (χ2n) is 4.41. The molecule has 4 heteroatoms. The molecule has 0 unspecified atom stereocenters. The fourth-order valence-electron chi connectivity index (χ4n) is 1.34. The normalized spacial score (nSPS) is 10.8. The largest absolute Gasteiger partial charge is 0.383 e. The summed E-state index contributed by atoms with van der Waals surface area (Å²) in [5.41, 5.74) is 0. The SMILES string of the molecule is COCCNCC(=O)NCCCCC(C)C. The lowest BCUT2D eigenvalue weighted by atomic mass is 10.1. The second-order valence-corrected chi connectivity index (χ2v) is 4.41. The minimum absolute atomic E-state index is 0.0700. The molecule has 0 aromatic carbocycles. The fraction of sp³-hybridized carbons (Fsp3) is 0.917. The monoisotopic (exact) mass is 230 g/mol. The molecule has 4 nitrogen and oxygen atoms in total. The number of carbonyl (C=O) groups is 1. The molecule has 0 spiro atoms. The Bertz CT molecular complexity index is 172. The van der Waals surface area contributed by atoms with E-state index in [-0.39, 0.29) is 5.91 Å². The lowest BCUT2D eigenvalue weighted by Crippen LogP contribution is -2.35. The Hall–Kier alpha value is -0.610. The minimum atomic E-state index is 0.0700. The molecule has 16 heavy (non-hydrogen) atoms. The van der Waals surface area contributed by atoms with Gasteiger partial charge >= 0.3 is 0 Å². The summed E-state index contributed by atoms with van der Waals surface area (Å²) in [7, 11) is 1.65. The van der Waals surface area contributed by atoms with Crippen molar-refractivity contribution in [2.24, 2.45) is 5.92 Å². The molecule has 0 fully saturated rings. The van der Waals surface area contributed by atoms with Crippen LogP contribution in [0.3, 0.4) is 0 Å². The predicted octanol–water partition coefficient (Wildman–Crippen LogP) is 1.16. The van der Waals surface area contributed by atoms with E-state index in [1.54, 1.807) is 7.11 Å². The first-order valence-corrected chi connectivity index (χ1v) is 6.13. The van der Waals surface area contributed by atoms with Gasteiger partial charge in [0, 0.05) is 20.2 Å². The van der Waals surface area contributed by atoms with E-state index in [1.165, 1.54) is 12.8 Å². The average molecular weight is 230 g/mol. The van der Waals surface area contributed by atoms with Gasteiger partial charge in [0.25, 0.3) is 0 Å². The van der Waals surface area contributed by atoms with Gasteiger partial charge in [0.15, 0.2) is 0 Å². The molecular formula is C12H26N2O2. The van der Waals surface area contributed by atoms with Crippen LogP contribution in [0, 0.1) is 5.92 Å². The molecule has 0 heterocycles. The van der Waals surface area contributed by atoms with E-state index in [2.05, 4.69) is 24.5 Å². The molecule has 2 N–H and O–H groups in total. The van der Waals surface area contributed by atoms with Gasteiger partial charge in [0.1, 0.15) is 0 Å². The van der Waals surface area contributed by atoms with Crippen LogP contribution in [0.25, 0.3) is 0 Å². The number of ether oxygens (including phenoxy) is 1. The summed E-state index contributed by atoms with van der Waals surface area (Å²) in [6.45, 7) is 6.97. The Kier molecular flexibility index (Phi) is 10.5. The van der Waals surface area contributed by atoms with E-state index in [0.717, 1.165) is 25.4 Å². The molecule has 0 aromatic heterocycles. The van der Waals surface area contributed by atoms with Gasteiger partial charge in [-0.15, -0.1) is 0 Å². The highest BCUT2D eigenvalue weighted by Gasteiger charge is 1.99. The van der Waals surface area contributed by atoms with Crippen LogP contribution in [-0.4, -0.2) is 39.3 Å². The molecule has 0 rings (SSSR count). The van der Waals surface area contributed by atoms with E-state index in [1.807, 2.05) is 0 Å². The van der Waals surface area contributed by atoms with Crippen LogP contribution in [0.2, 0.25) is 0 Å². The first-order chi connectivity index (χ1) is 7.66. The molecule has 0 saturated carbocycles. The van der Waals surface area contributed by atoms with Crippen LogP contribution in [0.5, 0.6) is 0 Å². The first-order valence-electron chi connectivity index (χ1n) is 6.13. The van der Waals surface area contributed by atoms with Crippen molar-refractivity contribution in [3.63, 3.8) is 0 Å². The van der Waals surface area contributed by atoms with Gasteiger partial charge in [0.05, 0.1) is 13.2 Å². The number of rotatable bonds is 10. The third kappa shape index (κ3) is 11.5. The van der Waals surface area contributed by atoms with Crippen molar-refractivity contribution in [3.8, 4) is 0 Å². The van der Waals surface area contributed by atoms with Crippen LogP contribution in [-0.2, 0) is 9.53 Å². The van der Waals surface area contributed by atoms with Crippen LogP contribution in [0.1, 0.15) is 33.1 Å². The van der Waals surface area contributed by atoms with Crippen molar-refractivity contribution in [1.29, 1.82) is 0 Å². The third-order valence-corrected chi connectivity index (χ3v) is 2.30.